The molecule has 8 nitrogen and oxygen atoms in total. The number of piperazine rings is 1. The first kappa shape index (κ1) is 16.6. The van der Waals surface area contributed by atoms with Gasteiger partial charge in [0.05, 0.1) is 12.2 Å². The lowest BCUT2D eigenvalue weighted by Gasteiger charge is -2.35. The van der Waals surface area contributed by atoms with Gasteiger partial charge in [0, 0.05) is 51.2 Å². The highest BCUT2D eigenvalue weighted by Gasteiger charge is 2.18. The fourth-order valence-electron chi connectivity index (χ4n) is 3.17. The van der Waals surface area contributed by atoms with E-state index in [2.05, 4.69) is 29.9 Å². The van der Waals surface area contributed by atoms with Crippen molar-refractivity contribution >= 4 is 17.0 Å². The standard InChI is InChI=1S/C18H21N7O/c1-14-2-5-17(26)25(22-14)13-10-23-8-11-24(12-9-23)16-4-3-15-18(21-16)20-7-6-19-15/h2-7H,8-13H2,1H3. The van der Waals surface area contributed by atoms with Crippen LogP contribution < -0.4 is 10.5 Å². The lowest BCUT2D eigenvalue weighted by molar-refractivity contribution is 0.242. The number of anilines is 1. The number of pyridine rings is 1. The van der Waals surface area contributed by atoms with Crippen molar-refractivity contribution in [3.05, 3.63) is 52.7 Å². The first-order chi connectivity index (χ1) is 12.7. The van der Waals surface area contributed by atoms with Gasteiger partial charge in [0.15, 0.2) is 5.65 Å². The fraction of sp³-hybridized carbons (Fsp3) is 0.389. The molecule has 134 valence electrons. The Kier molecular flexibility index (Phi) is 4.57. The number of hydrogen-bond acceptors (Lipinski definition) is 7. The monoisotopic (exact) mass is 351 g/mol. The van der Waals surface area contributed by atoms with Gasteiger partial charge >= 0.3 is 0 Å². The predicted octanol–water partition coefficient (Wildman–Crippen LogP) is 0.712. The van der Waals surface area contributed by atoms with Gasteiger partial charge in [0.25, 0.3) is 5.56 Å². The van der Waals surface area contributed by atoms with Gasteiger partial charge in [-0.1, -0.05) is 0 Å². The van der Waals surface area contributed by atoms with E-state index in [1.54, 1.807) is 29.2 Å². The van der Waals surface area contributed by atoms with Crippen LogP contribution in [-0.2, 0) is 6.54 Å². The molecule has 4 heterocycles. The molecule has 0 bridgehead atoms. The molecule has 0 amide bonds. The average molecular weight is 351 g/mol. The van der Waals surface area contributed by atoms with Crippen molar-refractivity contribution in [1.29, 1.82) is 0 Å². The quantitative estimate of drug-likeness (QED) is 0.685. The van der Waals surface area contributed by atoms with E-state index in [0.29, 0.717) is 12.2 Å². The minimum Gasteiger partial charge on any atom is -0.354 e. The third-order valence-corrected chi connectivity index (χ3v) is 4.64. The molecule has 3 aromatic heterocycles. The van der Waals surface area contributed by atoms with E-state index in [-0.39, 0.29) is 5.56 Å². The molecule has 0 N–H and O–H groups in total. The minimum atomic E-state index is -0.0456. The van der Waals surface area contributed by atoms with Crippen molar-refractivity contribution in [2.45, 2.75) is 13.5 Å². The third kappa shape index (κ3) is 3.55. The zero-order chi connectivity index (χ0) is 17.9. The topological polar surface area (TPSA) is 80.0 Å². The number of aryl methyl sites for hydroxylation is 1. The molecular formula is C18H21N7O. The summed E-state index contributed by atoms with van der Waals surface area (Å²) in [6, 6.07) is 7.29. The summed E-state index contributed by atoms with van der Waals surface area (Å²) in [5, 5.41) is 4.29. The Labute approximate surface area is 151 Å². The number of rotatable bonds is 4. The van der Waals surface area contributed by atoms with E-state index in [4.69, 9.17) is 0 Å². The molecule has 26 heavy (non-hydrogen) atoms. The van der Waals surface area contributed by atoms with Crippen molar-refractivity contribution in [2.75, 3.05) is 37.6 Å². The number of hydrogen-bond donors (Lipinski definition) is 0. The van der Waals surface area contributed by atoms with Crippen molar-refractivity contribution in [3.63, 3.8) is 0 Å². The summed E-state index contributed by atoms with van der Waals surface area (Å²) in [4.78, 5) is 29.6. The Morgan fingerprint density at radius 2 is 1.77 bits per heavy atom. The smallest absolute Gasteiger partial charge is 0.266 e. The van der Waals surface area contributed by atoms with Gasteiger partial charge in [-0.3, -0.25) is 14.7 Å². The van der Waals surface area contributed by atoms with Gasteiger partial charge in [-0.25, -0.2) is 14.6 Å². The molecule has 1 saturated heterocycles. The molecular weight excluding hydrogens is 330 g/mol. The van der Waals surface area contributed by atoms with E-state index in [1.165, 1.54) is 0 Å². The number of nitrogens with zero attached hydrogens (tertiary/aromatic N) is 7. The Morgan fingerprint density at radius 3 is 2.62 bits per heavy atom. The highest BCUT2D eigenvalue weighted by Crippen LogP contribution is 2.16. The number of aromatic nitrogens is 5. The van der Waals surface area contributed by atoms with E-state index in [1.807, 2.05) is 19.1 Å². The maximum Gasteiger partial charge on any atom is 0.266 e. The fourth-order valence-corrected chi connectivity index (χ4v) is 3.17. The Balaban J connectivity index is 1.36. The highest BCUT2D eigenvalue weighted by atomic mass is 16.1. The van der Waals surface area contributed by atoms with E-state index >= 15 is 0 Å². The summed E-state index contributed by atoms with van der Waals surface area (Å²) in [7, 11) is 0. The molecule has 0 aromatic carbocycles. The first-order valence-electron chi connectivity index (χ1n) is 8.79. The molecule has 8 heteroatoms. The van der Waals surface area contributed by atoms with Gasteiger partial charge in [-0.05, 0) is 25.1 Å². The summed E-state index contributed by atoms with van der Waals surface area (Å²) in [5.74, 6) is 0.939. The summed E-state index contributed by atoms with van der Waals surface area (Å²) in [5.41, 5.74) is 2.30. The zero-order valence-electron chi connectivity index (χ0n) is 14.7. The second kappa shape index (κ2) is 7.17. The molecule has 0 aliphatic carbocycles. The number of fused-ring (bicyclic) bond motifs is 1. The maximum absolute atomic E-state index is 11.8. The van der Waals surface area contributed by atoms with Crippen LogP contribution in [0.2, 0.25) is 0 Å². The van der Waals surface area contributed by atoms with Crippen molar-refractivity contribution < 1.29 is 0 Å². The molecule has 0 radical (unpaired) electrons. The van der Waals surface area contributed by atoms with Crippen molar-refractivity contribution in [3.8, 4) is 0 Å². The molecule has 0 saturated carbocycles. The summed E-state index contributed by atoms with van der Waals surface area (Å²) in [6.07, 6.45) is 3.34. The average Bonchev–Trinajstić information content (AvgIpc) is 2.69. The molecule has 4 rings (SSSR count). The van der Waals surface area contributed by atoms with E-state index in [0.717, 1.165) is 49.8 Å². The molecule has 0 unspecified atom stereocenters. The summed E-state index contributed by atoms with van der Waals surface area (Å²) >= 11 is 0. The molecule has 1 fully saturated rings. The van der Waals surface area contributed by atoms with Crippen LogP contribution in [0.3, 0.4) is 0 Å². The Morgan fingerprint density at radius 1 is 0.962 bits per heavy atom. The maximum atomic E-state index is 11.8. The third-order valence-electron chi connectivity index (χ3n) is 4.64. The van der Waals surface area contributed by atoms with Crippen LogP contribution in [0.15, 0.2) is 41.5 Å². The SMILES string of the molecule is Cc1ccc(=O)n(CCN2CCN(c3ccc4nccnc4n3)CC2)n1. The van der Waals surface area contributed by atoms with E-state index < -0.39 is 0 Å². The minimum absolute atomic E-state index is 0.0456. The summed E-state index contributed by atoms with van der Waals surface area (Å²) in [6.45, 7) is 6.99. The predicted molar refractivity (Wildman–Crippen MR) is 99.2 cm³/mol. The van der Waals surface area contributed by atoms with Crippen LogP contribution in [-0.4, -0.2) is 62.4 Å². The van der Waals surface area contributed by atoms with Crippen molar-refractivity contribution in [1.82, 2.24) is 29.6 Å². The molecule has 3 aromatic rings. The molecule has 1 aliphatic rings. The Bertz CT molecular complexity index is 963. The Hall–Kier alpha value is -2.87. The summed E-state index contributed by atoms with van der Waals surface area (Å²) < 4.78 is 1.55. The first-order valence-corrected chi connectivity index (χ1v) is 8.79. The lowest BCUT2D eigenvalue weighted by atomic mass is 10.3. The van der Waals surface area contributed by atoms with Gasteiger partial charge < -0.3 is 4.90 Å². The zero-order valence-corrected chi connectivity index (χ0v) is 14.7. The van der Waals surface area contributed by atoms with Crippen LogP contribution in [0.1, 0.15) is 5.69 Å². The van der Waals surface area contributed by atoms with Crippen LogP contribution in [0.25, 0.3) is 11.2 Å². The largest absolute Gasteiger partial charge is 0.354 e. The van der Waals surface area contributed by atoms with Crippen LogP contribution in [0, 0.1) is 6.92 Å². The normalized spacial score (nSPS) is 15.5. The highest BCUT2D eigenvalue weighted by molar-refractivity contribution is 5.71. The van der Waals surface area contributed by atoms with Gasteiger partial charge in [0.2, 0.25) is 0 Å². The van der Waals surface area contributed by atoms with Crippen molar-refractivity contribution in [2.24, 2.45) is 0 Å². The lowest BCUT2D eigenvalue weighted by Crippen LogP contribution is -2.48. The van der Waals surface area contributed by atoms with Crippen LogP contribution in [0.4, 0.5) is 5.82 Å². The molecule has 0 spiro atoms. The van der Waals surface area contributed by atoms with Gasteiger partial charge in [-0.15, -0.1) is 0 Å². The second-order valence-corrected chi connectivity index (χ2v) is 6.43. The second-order valence-electron chi connectivity index (χ2n) is 6.43. The molecule has 1 aliphatic heterocycles. The van der Waals surface area contributed by atoms with Crippen LogP contribution in [0.5, 0.6) is 0 Å². The van der Waals surface area contributed by atoms with Crippen LogP contribution >= 0.6 is 0 Å². The van der Waals surface area contributed by atoms with Gasteiger partial charge in [-0.2, -0.15) is 5.10 Å². The molecule has 0 atom stereocenters. The van der Waals surface area contributed by atoms with Gasteiger partial charge in [0.1, 0.15) is 11.3 Å². The van der Waals surface area contributed by atoms with E-state index in [9.17, 15) is 4.79 Å².